The van der Waals surface area contributed by atoms with Crippen LogP contribution in [0.25, 0.3) is 33.6 Å². The van der Waals surface area contributed by atoms with E-state index in [1.54, 1.807) is 18.2 Å². The summed E-state index contributed by atoms with van der Waals surface area (Å²) in [7, 11) is 0. The van der Waals surface area contributed by atoms with Gasteiger partial charge in [0.05, 0.1) is 6.07 Å². The van der Waals surface area contributed by atoms with E-state index in [0.717, 1.165) is 28.1 Å². The van der Waals surface area contributed by atoms with Crippen molar-refractivity contribution in [2.45, 2.75) is 6.92 Å². The maximum atomic E-state index is 8.77. The largest absolute Gasteiger partial charge is 0.305 e. The van der Waals surface area contributed by atoms with E-state index in [1.807, 2.05) is 80.0 Å². The molecule has 0 saturated carbocycles. The molecule has 0 atom stereocenters. The van der Waals surface area contributed by atoms with Crippen molar-refractivity contribution >= 4 is 0 Å². The molecule has 0 fully saturated rings. The minimum Gasteiger partial charge on any atom is -0.305 e. The molecule has 4 heteroatoms. The van der Waals surface area contributed by atoms with Crippen molar-refractivity contribution in [2.75, 3.05) is 0 Å². The van der Waals surface area contributed by atoms with Gasteiger partial charge in [-0.15, -0.1) is 65.7 Å². The molecule has 2 heterocycles. The number of aryl methyl sites for hydroxylation is 1. The van der Waals surface area contributed by atoms with Crippen molar-refractivity contribution in [1.29, 1.82) is 5.26 Å². The Labute approximate surface area is 214 Å². The number of pyridine rings is 2. The zero-order valence-electron chi connectivity index (χ0n) is 18.6. The molecule has 34 heavy (non-hydrogen) atoms. The van der Waals surface area contributed by atoms with Crippen LogP contribution in [0.5, 0.6) is 0 Å². The van der Waals surface area contributed by atoms with E-state index in [2.05, 4.69) is 46.4 Å². The third-order valence-electron chi connectivity index (χ3n) is 4.97. The first kappa shape index (κ1) is 24.7. The zero-order chi connectivity index (χ0) is 22.9. The third-order valence-corrected chi connectivity index (χ3v) is 4.97. The van der Waals surface area contributed by atoms with Gasteiger partial charge in [0.2, 0.25) is 0 Å². The van der Waals surface area contributed by atoms with Crippen LogP contribution in [0.4, 0.5) is 0 Å². The summed E-state index contributed by atoms with van der Waals surface area (Å²) in [5, 5.41) is 8.77. The third kappa shape index (κ3) is 6.56. The number of hydrogen-bond acceptors (Lipinski definition) is 3. The molecule has 0 bridgehead atoms. The topological polar surface area (TPSA) is 49.6 Å². The van der Waals surface area contributed by atoms with Crippen LogP contribution in [0.15, 0.2) is 109 Å². The number of benzene rings is 3. The fraction of sp³-hybridized carbons (Fsp3) is 0.0333. The summed E-state index contributed by atoms with van der Waals surface area (Å²) in [5.74, 6) is 0. The molecule has 0 spiro atoms. The van der Waals surface area contributed by atoms with Crippen molar-refractivity contribution in [3.05, 3.63) is 133 Å². The summed E-state index contributed by atoms with van der Waals surface area (Å²) in [6.45, 7) is 1.99. The van der Waals surface area contributed by atoms with Crippen LogP contribution in [0.2, 0.25) is 0 Å². The number of nitrogens with zero attached hydrogens (tertiary/aromatic N) is 3. The molecule has 1 radical (unpaired) electrons. The Hall–Kier alpha value is -3.90. The molecular formula is C30H21IrN3-2. The van der Waals surface area contributed by atoms with Gasteiger partial charge in [-0.05, 0) is 46.6 Å². The molecule has 0 N–H and O–H groups in total. The van der Waals surface area contributed by atoms with Crippen LogP contribution in [-0.2, 0) is 20.1 Å². The SMILES string of the molecule is Cc1ccc(-c2[c-]ccc(C#N)c2)nc1.[Ir].[c-]1ccccc1-c1cc(-c2ccccc2)ccn1. The molecule has 0 aliphatic carbocycles. The molecule has 3 nitrogen and oxygen atoms in total. The molecule has 0 unspecified atom stereocenters. The van der Waals surface area contributed by atoms with Gasteiger partial charge in [0.15, 0.2) is 0 Å². The van der Waals surface area contributed by atoms with Crippen LogP contribution in [-0.4, -0.2) is 9.97 Å². The van der Waals surface area contributed by atoms with Gasteiger partial charge in [0.25, 0.3) is 0 Å². The average molecular weight is 616 g/mol. The zero-order valence-corrected chi connectivity index (χ0v) is 21.0. The van der Waals surface area contributed by atoms with Gasteiger partial charge in [0, 0.05) is 32.5 Å². The minimum atomic E-state index is 0. The first-order chi connectivity index (χ1) is 16.2. The fourth-order valence-corrected chi connectivity index (χ4v) is 3.25. The van der Waals surface area contributed by atoms with Crippen LogP contribution in [0.3, 0.4) is 0 Å². The van der Waals surface area contributed by atoms with Crippen LogP contribution in [0, 0.1) is 30.4 Å². The monoisotopic (exact) mass is 616 g/mol. The number of nitriles is 1. The maximum Gasteiger partial charge on any atom is 0.0789 e. The second-order valence-electron chi connectivity index (χ2n) is 7.40. The number of aromatic nitrogens is 2. The van der Waals surface area contributed by atoms with Crippen molar-refractivity contribution in [2.24, 2.45) is 0 Å². The Bertz CT molecular complexity index is 1310. The van der Waals surface area contributed by atoms with E-state index < -0.39 is 0 Å². The van der Waals surface area contributed by atoms with Crippen LogP contribution in [0.1, 0.15) is 11.1 Å². The average Bonchev–Trinajstić information content (AvgIpc) is 2.91. The predicted molar refractivity (Wildman–Crippen MR) is 132 cm³/mol. The Balaban J connectivity index is 0.000000188. The molecule has 5 rings (SSSR count). The Morgan fingerprint density at radius 3 is 2.21 bits per heavy atom. The van der Waals surface area contributed by atoms with E-state index in [4.69, 9.17) is 5.26 Å². The maximum absolute atomic E-state index is 8.77. The Kier molecular flexibility index (Phi) is 9.00. The summed E-state index contributed by atoms with van der Waals surface area (Å²) >= 11 is 0. The Morgan fingerprint density at radius 2 is 1.50 bits per heavy atom. The normalized spacial score (nSPS) is 9.65. The van der Waals surface area contributed by atoms with E-state index in [0.29, 0.717) is 5.56 Å². The van der Waals surface area contributed by atoms with E-state index >= 15 is 0 Å². The van der Waals surface area contributed by atoms with Gasteiger partial charge in [0.1, 0.15) is 0 Å². The summed E-state index contributed by atoms with van der Waals surface area (Å²) in [6.07, 6.45) is 3.65. The Morgan fingerprint density at radius 1 is 0.706 bits per heavy atom. The fourth-order valence-electron chi connectivity index (χ4n) is 3.25. The van der Waals surface area contributed by atoms with Crippen molar-refractivity contribution in [3.8, 4) is 39.7 Å². The summed E-state index contributed by atoms with van der Waals surface area (Å²) in [4.78, 5) is 8.69. The van der Waals surface area contributed by atoms with Gasteiger partial charge in [-0.2, -0.15) is 5.26 Å². The standard InChI is InChI=1S/C17H12N.C13H9N2.Ir/c1-3-7-14(8-4-1)16-11-12-18-17(13-16)15-9-5-2-6-10-15;1-10-5-6-13(15-9-10)12-4-2-3-11(7-12)8-14;/h1-9,11-13H;2-3,5-7,9H,1H3;/q2*-1;. The van der Waals surface area contributed by atoms with Gasteiger partial charge in [-0.25, -0.2) is 0 Å². The number of rotatable bonds is 3. The van der Waals surface area contributed by atoms with Gasteiger partial charge in [-0.1, -0.05) is 48.5 Å². The first-order valence-electron chi connectivity index (χ1n) is 10.6. The van der Waals surface area contributed by atoms with E-state index in [-0.39, 0.29) is 20.1 Å². The number of hydrogen-bond donors (Lipinski definition) is 0. The molecule has 3 aromatic carbocycles. The first-order valence-corrected chi connectivity index (χ1v) is 10.6. The van der Waals surface area contributed by atoms with Crippen LogP contribution < -0.4 is 0 Å². The van der Waals surface area contributed by atoms with Gasteiger partial charge in [-0.3, -0.25) is 0 Å². The van der Waals surface area contributed by atoms with Gasteiger partial charge < -0.3 is 9.97 Å². The van der Waals surface area contributed by atoms with Gasteiger partial charge >= 0.3 is 0 Å². The molecule has 0 amide bonds. The molecule has 0 saturated heterocycles. The predicted octanol–water partition coefficient (Wildman–Crippen LogP) is 6.94. The quantitative estimate of drug-likeness (QED) is 0.207. The second-order valence-corrected chi connectivity index (χ2v) is 7.40. The molecule has 5 aromatic rings. The van der Waals surface area contributed by atoms with E-state index in [1.165, 1.54) is 11.1 Å². The van der Waals surface area contributed by atoms with Crippen molar-refractivity contribution in [1.82, 2.24) is 9.97 Å². The van der Waals surface area contributed by atoms with Crippen molar-refractivity contribution < 1.29 is 20.1 Å². The summed E-state index contributed by atoms with van der Waals surface area (Å²) < 4.78 is 0. The molecule has 0 aliphatic rings. The summed E-state index contributed by atoms with van der Waals surface area (Å²) in [5.41, 5.74) is 7.82. The molecular weight excluding hydrogens is 595 g/mol. The summed E-state index contributed by atoms with van der Waals surface area (Å²) in [6, 6.07) is 39.9. The van der Waals surface area contributed by atoms with Crippen molar-refractivity contribution in [3.63, 3.8) is 0 Å². The minimum absolute atomic E-state index is 0. The van der Waals surface area contributed by atoms with Crippen LogP contribution >= 0.6 is 0 Å². The molecule has 0 aliphatic heterocycles. The van der Waals surface area contributed by atoms with E-state index in [9.17, 15) is 0 Å². The molecule has 2 aromatic heterocycles. The smallest absolute Gasteiger partial charge is 0.0789 e. The second kappa shape index (κ2) is 12.4. The molecule has 167 valence electrons.